The monoisotopic (exact) mass is 231 g/mol. The van der Waals surface area contributed by atoms with E-state index in [1.165, 1.54) is 24.1 Å². The highest BCUT2D eigenvalue weighted by atomic mass is 15.2. The largest absolute Gasteiger partial charge is 0.399 e. The van der Waals surface area contributed by atoms with Crippen LogP contribution >= 0.6 is 0 Å². The highest BCUT2D eigenvalue weighted by Crippen LogP contribution is 2.45. The number of anilines is 2. The number of hydrogen-bond donors (Lipinski definition) is 1. The first-order valence-electron chi connectivity index (χ1n) is 6.57. The van der Waals surface area contributed by atoms with Gasteiger partial charge in [0.2, 0.25) is 0 Å². The molecule has 0 bridgehead atoms. The molecule has 1 aromatic rings. The van der Waals surface area contributed by atoms with Crippen LogP contribution in [0, 0.1) is 0 Å². The van der Waals surface area contributed by atoms with Gasteiger partial charge in [-0.25, -0.2) is 0 Å². The first kappa shape index (κ1) is 10.9. The van der Waals surface area contributed by atoms with E-state index < -0.39 is 0 Å². The van der Waals surface area contributed by atoms with Crippen LogP contribution in [0.25, 0.3) is 0 Å². The Balaban J connectivity index is 1.86. The van der Waals surface area contributed by atoms with E-state index in [1.54, 1.807) is 0 Å². The van der Waals surface area contributed by atoms with Crippen molar-refractivity contribution in [3.8, 4) is 0 Å². The number of benzene rings is 1. The van der Waals surface area contributed by atoms with Crippen molar-refractivity contribution in [2.45, 2.75) is 18.8 Å². The Hall–Kier alpha value is -1.22. The lowest BCUT2D eigenvalue weighted by Gasteiger charge is -2.35. The van der Waals surface area contributed by atoms with Gasteiger partial charge in [-0.15, -0.1) is 0 Å². The molecule has 1 aromatic carbocycles. The maximum atomic E-state index is 5.92. The molecular weight excluding hydrogens is 210 g/mol. The number of hydrogen-bond acceptors (Lipinski definition) is 3. The first-order chi connectivity index (χ1) is 8.24. The fourth-order valence-corrected chi connectivity index (χ4v) is 2.63. The van der Waals surface area contributed by atoms with E-state index in [4.69, 9.17) is 5.73 Å². The van der Waals surface area contributed by atoms with Gasteiger partial charge in [-0.1, -0.05) is 0 Å². The van der Waals surface area contributed by atoms with Gasteiger partial charge in [0, 0.05) is 37.6 Å². The average molecular weight is 231 g/mol. The maximum Gasteiger partial charge on any atom is 0.0404 e. The zero-order valence-corrected chi connectivity index (χ0v) is 10.5. The lowest BCUT2D eigenvalue weighted by molar-refractivity contribution is 0.312. The molecule has 1 aliphatic carbocycles. The number of piperazine rings is 1. The van der Waals surface area contributed by atoms with Crippen molar-refractivity contribution in [1.82, 2.24) is 4.90 Å². The second-order valence-electron chi connectivity index (χ2n) is 5.38. The van der Waals surface area contributed by atoms with Gasteiger partial charge in [0.1, 0.15) is 0 Å². The van der Waals surface area contributed by atoms with Gasteiger partial charge in [-0.2, -0.15) is 0 Å². The molecule has 92 valence electrons. The highest BCUT2D eigenvalue weighted by Gasteiger charge is 2.28. The molecule has 3 heteroatoms. The molecule has 3 nitrogen and oxygen atoms in total. The molecule has 2 fully saturated rings. The number of nitrogens with two attached hydrogens (primary N) is 1. The van der Waals surface area contributed by atoms with Crippen LogP contribution < -0.4 is 10.6 Å². The van der Waals surface area contributed by atoms with Gasteiger partial charge >= 0.3 is 0 Å². The van der Waals surface area contributed by atoms with Crippen molar-refractivity contribution >= 4 is 11.4 Å². The molecule has 0 spiro atoms. The van der Waals surface area contributed by atoms with Crippen LogP contribution in [0.4, 0.5) is 11.4 Å². The van der Waals surface area contributed by atoms with Crippen molar-refractivity contribution < 1.29 is 0 Å². The topological polar surface area (TPSA) is 32.5 Å². The Morgan fingerprint density at radius 3 is 2.47 bits per heavy atom. The molecule has 0 unspecified atom stereocenters. The van der Waals surface area contributed by atoms with Crippen LogP contribution in [0.15, 0.2) is 18.2 Å². The molecule has 0 aromatic heterocycles. The molecule has 2 aliphatic rings. The Morgan fingerprint density at radius 2 is 1.82 bits per heavy atom. The second-order valence-corrected chi connectivity index (χ2v) is 5.38. The smallest absolute Gasteiger partial charge is 0.0404 e. The third kappa shape index (κ3) is 2.25. The van der Waals surface area contributed by atoms with Crippen molar-refractivity contribution in [2.24, 2.45) is 0 Å². The molecule has 1 aliphatic heterocycles. The Kier molecular flexibility index (Phi) is 2.71. The van der Waals surface area contributed by atoms with Gasteiger partial charge in [0.25, 0.3) is 0 Å². The number of nitrogen functional groups attached to an aromatic ring is 1. The zero-order valence-electron chi connectivity index (χ0n) is 10.5. The molecule has 1 saturated heterocycles. The summed E-state index contributed by atoms with van der Waals surface area (Å²) in [6.45, 7) is 4.60. The minimum Gasteiger partial charge on any atom is -0.399 e. The van der Waals surface area contributed by atoms with Crippen LogP contribution in [0.2, 0.25) is 0 Å². The molecule has 17 heavy (non-hydrogen) atoms. The fraction of sp³-hybridized carbons (Fsp3) is 0.571. The third-order valence-electron chi connectivity index (χ3n) is 3.91. The lowest BCUT2D eigenvalue weighted by atomic mass is 10.1. The van der Waals surface area contributed by atoms with Crippen LogP contribution in [0.3, 0.4) is 0 Å². The van der Waals surface area contributed by atoms with Gasteiger partial charge < -0.3 is 15.5 Å². The predicted molar refractivity (Wildman–Crippen MR) is 72.5 cm³/mol. The Bertz CT molecular complexity index is 404. The summed E-state index contributed by atoms with van der Waals surface area (Å²) in [5, 5.41) is 0. The van der Waals surface area contributed by atoms with Crippen LogP contribution in [0.1, 0.15) is 24.3 Å². The lowest BCUT2D eigenvalue weighted by Crippen LogP contribution is -2.44. The van der Waals surface area contributed by atoms with Crippen LogP contribution in [-0.4, -0.2) is 38.1 Å². The minimum atomic E-state index is 0.771. The number of nitrogens with zero attached hydrogens (tertiary/aromatic N) is 2. The molecule has 0 atom stereocenters. The average Bonchev–Trinajstić information content (AvgIpc) is 3.14. The summed E-state index contributed by atoms with van der Waals surface area (Å²) < 4.78 is 0. The highest BCUT2D eigenvalue weighted by molar-refractivity contribution is 5.62. The van der Waals surface area contributed by atoms with Crippen molar-refractivity contribution in [2.75, 3.05) is 43.9 Å². The summed E-state index contributed by atoms with van der Waals surface area (Å²) in [6, 6.07) is 6.44. The molecular formula is C14H21N3. The van der Waals surface area contributed by atoms with Gasteiger partial charge in [0.15, 0.2) is 0 Å². The quantitative estimate of drug-likeness (QED) is 0.789. The van der Waals surface area contributed by atoms with Crippen molar-refractivity contribution in [3.63, 3.8) is 0 Å². The number of likely N-dealkylation sites (N-methyl/N-ethyl adjacent to an activating group) is 1. The summed E-state index contributed by atoms with van der Waals surface area (Å²) >= 11 is 0. The molecule has 0 radical (unpaired) electrons. The van der Waals surface area contributed by atoms with E-state index in [1.807, 2.05) is 6.07 Å². The van der Waals surface area contributed by atoms with E-state index in [-0.39, 0.29) is 0 Å². The molecule has 2 N–H and O–H groups in total. The van der Waals surface area contributed by atoms with Gasteiger partial charge in [0.05, 0.1) is 0 Å². The van der Waals surface area contributed by atoms with Crippen molar-refractivity contribution in [1.29, 1.82) is 0 Å². The number of rotatable bonds is 2. The zero-order chi connectivity index (χ0) is 11.8. The minimum absolute atomic E-state index is 0.771. The van der Waals surface area contributed by atoms with E-state index in [2.05, 4.69) is 29.0 Å². The summed E-state index contributed by atoms with van der Waals surface area (Å²) in [5.74, 6) is 0.771. The first-order valence-corrected chi connectivity index (χ1v) is 6.57. The summed E-state index contributed by atoms with van der Waals surface area (Å²) in [5.41, 5.74) is 9.73. The predicted octanol–water partition coefficient (Wildman–Crippen LogP) is 1.90. The van der Waals surface area contributed by atoms with Gasteiger partial charge in [-0.3, -0.25) is 0 Å². The van der Waals surface area contributed by atoms with Crippen LogP contribution in [0.5, 0.6) is 0 Å². The summed E-state index contributed by atoms with van der Waals surface area (Å²) in [6.07, 6.45) is 2.67. The van der Waals surface area contributed by atoms with E-state index >= 15 is 0 Å². The molecule has 1 heterocycles. The summed E-state index contributed by atoms with van der Waals surface area (Å²) in [4.78, 5) is 4.91. The standard InChI is InChI=1S/C14H21N3/c1-16-6-8-17(9-7-16)14-5-4-12(15)10-13(14)11-2-3-11/h4-5,10-11H,2-3,6-9,15H2,1H3. The normalized spacial score (nSPS) is 21.8. The van der Waals surface area contributed by atoms with E-state index in [9.17, 15) is 0 Å². The summed E-state index contributed by atoms with van der Waals surface area (Å²) in [7, 11) is 2.20. The van der Waals surface area contributed by atoms with E-state index in [0.717, 1.165) is 37.8 Å². The van der Waals surface area contributed by atoms with E-state index in [0.29, 0.717) is 0 Å². The van der Waals surface area contributed by atoms with Gasteiger partial charge in [-0.05, 0) is 49.6 Å². The third-order valence-corrected chi connectivity index (χ3v) is 3.91. The Labute approximate surface area is 103 Å². The fourth-order valence-electron chi connectivity index (χ4n) is 2.63. The van der Waals surface area contributed by atoms with Crippen LogP contribution in [-0.2, 0) is 0 Å². The molecule has 3 rings (SSSR count). The molecule has 0 amide bonds. The second kappa shape index (κ2) is 4.22. The Morgan fingerprint density at radius 1 is 1.12 bits per heavy atom. The van der Waals surface area contributed by atoms with Crippen molar-refractivity contribution in [3.05, 3.63) is 23.8 Å². The maximum absolute atomic E-state index is 5.92. The SMILES string of the molecule is CN1CCN(c2ccc(N)cc2C2CC2)CC1. The molecule has 1 saturated carbocycles.